The zero-order valence-electron chi connectivity index (χ0n) is 12.5. The first-order chi connectivity index (χ1) is 9.90. The largest absolute Gasteiger partial charge is 0.317 e. The fourth-order valence-corrected chi connectivity index (χ4v) is 3.99. The van der Waals surface area contributed by atoms with E-state index in [1.807, 2.05) is 6.07 Å². The van der Waals surface area contributed by atoms with Crippen LogP contribution in [0.4, 0.5) is 5.69 Å². The molecular formula is C15H21ClN2O3S. The first kappa shape index (κ1) is 17.2. The summed E-state index contributed by atoms with van der Waals surface area (Å²) in [5.41, 5.74) is 1.94. The molecule has 2 aliphatic rings. The van der Waals surface area contributed by atoms with Crippen LogP contribution in [-0.2, 0) is 16.4 Å². The average Bonchev–Trinajstić information content (AvgIpc) is 2.43. The number of hydrogen-bond donors (Lipinski definition) is 2. The Morgan fingerprint density at radius 2 is 1.86 bits per heavy atom. The van der Waals surface area contributed by atoms with Gasteiger partial charge in [0.1, 0.15) is 0 Å². The van der Waals surface area contributed by atoms with Gasteiger partial charge in [-0.15, -0.1) is 12.4 Å². The number of piperidine rings is 1. The maximum atomic E-state index is 12.9. The number of ketones is 1. The molecule has 22 heavy (non-hydrogen) atoms. The SMILES string of the molecule is CS(=O)(=O)Nc1ccc2c(c1)C(=O)C1(CCNCC1)CC2.Cl. The number of sulfonamides is 1. The summed E-state index contributed by atoms with van der Waals surface area (Å²) in [6, 6.07) is 5.30. The van der Waals surface area contributed by atoms with E-state index in [2.05, 4.69) is 10.0 Å². The zero-order valence-corrected chi connectivity index (χ0v) is 14.1. The molecule has 0 bridgehead atoms. The predicted molar refractivity (Wildman–Crippen MR) is 89.3 cm³/mol. The van der Waals surface area contributed by atoms with Gasteiger partial charge in [-0.3, -0.25) is 9.52 Å². The van der Waals surface area contributed by atoms with Crippen molar-refractivity contribution in [1.29, 1.82) is 0 Å². The van der Waals surface area contributed by atoms with Crippen LogP contribution < -0.4 is 10.0 Å². The van der Waals surface area contributed by atoms with Crippen molar-refractivity contribution in [3.63, 3.8) is 0 Å². The Morgan fingerprint density at radius 3 is 2.50 bits per heavy atom. The lowest BCUT2D eigenvalue weighted by Crippen LogP contribution is -2.44. The standard InChI is InChI=1S/C15H20N2O3S.ClH/c1-21(19,20)17-12-3-2-11-4-5-15(6-8-16-9-7-15)14(18)13(11)10-12;/h2-3,10,16-17H,4-9H2,1H3;1H. The maximum Gasteiger partial charge on any atom is 0.229 e. The van der Waals surface area contributed by atoms with Gasteiger partial charge in [-0.25, -0.2) is 8.42 Å². The Balaban J connectivity index is 0.00000176. The number of nitrogens with one attached hydrogen (secondary N) is 2. The van der Waals surface area contributed by atoms with E-state index in [-0.39, 0.29) is 23.6 Å². The minimum absolute atomic E-state index is 0. The summed E-state index contributed by atoms with van der Waals surface area (Å²) >= 11 is 0. The van der Waals surface area contributed by atoms with Crippen molar-refractivity contribution in [3.8, 4) is 0 Å². The first-order valence-electron chi connectivity index (χ1n) is 7.26. The molecule has 0 saturated carbocycles. The van der Waals surface area contributed by atoms with Crippen LogP contribution in [0.25, 0.3) is 0 Å². The van der Waals surface area contributed by atoms with Gasteiger partial charge in [-0.2, -0.15) is 0 Å². The molecular weight excluding hydrogens is 324 g/mol. The molecule has 0 radical (unpaired) electrons. The highest BCUT2D eigenvalue weighted by Gasteiger charge is 2.42. The number of fused-ring (bicyclic) bond motifs is 1. The third kappa shape index (κ3) is 3.29. The summed E-state index contributed by atoms with van der Waals surface area (Å²) in [7, 11) is -3.33. The van der Waals surface area contributed by atoms with Gasteiger partial charge < -0.3 is 5.32 Å². The molecule has 2 N–H and O–H groups in total. The van der Waals surface area contributed by atoms with Crippen molar-refractivity contribution < 1.29 is 13.2 Å². The lowest BCUT2D eigenvalue weighted by atomic mass is 9.65. The first-order valence-corrected chi connectivity index (χ1v) is 9.15. The summed E-state index contributed by atoms with van der Waals surface area (Å²) < 4.78 is 25.1. The summed E-state index contributed by atoms with van der Waals surface area (Å²) in [5.74, 6) is 0.183. The van der Waals surface area contributed by atoms with Crippen molar-refractivity contribution in [2.24, 2.45) is 5.41 Å². The number of rotatable bonds is 2. The highest BCUT2D eigenvalue weighted by molar-refractivity contribution is 7.92. The smallest absolute Gasteiger partial charge is 0.229 e. The van der Waals surface area contributed by atoms with E-state index < -0.39 is 10.0 Å². The Bertz CT molecular complexity index is 682. The molecule has 1 aliphatic carbocycles. The molecule has 5 nitrogen and oxygen atoms in total. The Kier molecular flexibility index (Phi) is 4.84. The van der Waals surface area contributed by atoms with E-state index in [4.69, 9.17) is 0 Å². The highest BCUT2D eigenvalue weighted by atomic mass is 35.5. The third-order valence-electron chi connectivity index (χ3n) is 4.57. The van der Waals surface area contributed by atoms with Gasteiger partial charge in [0.05, 0.1) is 6.26 Å². The average molecular weight is 345 g/mol. The van der Waals surface area contributed by atoms with Crippen LogP contribution >= 0.6 is 12.4 Å². The molecule has 0 unspecified atom stereocenters. The van der Waals surface area contributed by atoms with Gasteiger partial charge in [0, 0.05) is 16.7 Å². The maximum absolute atomic E-state index is 12.9. The highest BCUT2D eigenvalue weighted by Crippen LogP contribution is 2.42. The molecule has 1 fully saturated rings. The lowest BCUT2D eigenvalue weighted by molar-refractivity contribution is 0.0686. The van der Waals surface area contributed by atoms with Crippen LogP contribution in [0.5, 0.6) is 0 Å². The molecule has 0 amide bonds. The Morgan fingerprint density at radius 1 is 1.18 bits per heavy atom. The molecule has 0 aromatic heterocycles. The number of Topliss-reactive ketones (excluding diaryl/α,β-unsaturated/α-hetero) is 1. The molecule has 1 aromatic carbocycles. The minimum Gasteiger partial charge on any atom is -0.317 e. The van der Waals surface area contributed by atoms with Gasteiger partial charge in [-0.1, -0.05) is 6.07 Å². The number of carbonyl (C=O) groups excluding carboxylic acids is 1. The number of anilines is 1. The molecule has 1 aliphatic heterocycles. The third-order valence-corrected chi connectivity index (χ3v) is 5.18. The van der Waals surface area contributed by atoms with E-state index in [1.54, 1.807) is 12.1 Å². The van der Waals surface area contributed by atoms with E-state index >= 15 is 0 Å². The molecule has 122 valence electrons. The van der Waals surface area contributed by atoms with Gasteiger partial charge in [-0.05, 0) is 56.5 Å². The summed E-state index contributed by atoms with van der Waals surface area (Å²) in [4.78, 5) is 12.9. The van der Waals surface area contributed by atoms with Gasteiger partial charge in [0.25, 0.3) is 0 Å². The van der Waals surface area contributed by atoms with Crippen LogP contribution in [-0.4, -0.2) is 33.5 Å². The van der Waals surface area contributed by atoms with Crippen LogP contribution in [0.1, 0.15) is 35.2 Å². The monoisotopic (exact) mass is 344 g/mol. The second-order valence-corrected chi connectivity index (χ2v) is 7.85. The van der Waals surface area contributed by atoms with Crippen LogP contribution in [0, 0.1) is 5.41 Å². The quantitative estimate of drug-likeness (QED) is 0.860. The number of hydrogen-bond acceptors (Lipinski definition) is 4. The second-order valence-electron chi connectivity index (χ2n) is 6.11. The van der Waals surface area contributed by atoms with Crippen LogP contribution in [0.3, 0.4) is 0 Å². The van der Waals surface area contributed by atoms with Gasteiger partial charge in [0.2, 0.25) is 10.0 Å². The fourth-order valence-electron chi connectivity index (χ4n) is 3.44. The Hall–Kier alpha value is -1.11. The predicted octanol–water partition coefficient (Wildman–Crippen LogP) is 1.98. The summed E-state index contributed by atoms with van der Waals surface area (Å²) in [6.45, 7) is 1.75. The molecule has 3 rings (SSSR count). The fraction of sp³-hybridized carbons (Fsp3) is 0.533. The topological polar surface area (TPSA) is 75.3 Å². The van der Waals surface area contributed by atoms with Crippen LogP contribution in [0.2, 0.25) is 0 Å². The molecule has 1 spiro atoms. The van der Waals surface area contributed by atoms with E-state index in [9.17, 15) is 13.2 Å². The molecule has 7 heteroatoms. The molecule has 0 atom stereocenters. The van der Waals surface area contributed by atoms with E-state index in [0.717, 1.165) is 50.6 Å². The van der Waals surface area contributed by atoms with Crippen molar-refractivity contribution in [2.45, 2.75) is 25.7 Å². The van der Waals surface area contributed by atoms with Gasteiger partial charge in [0.15, 0.2) is 5.78 Å². The van der Waals surface area contributed by atoms with E-state index in [1.165, 1.54) is 0 Å². The zero-order chi connectivity index (χ0) is 15.1. The van der Waals surface area contributed by atoms with Crippen LogP contribution in [0.15, 0.2) is 18.2 Å². The van der Waals surface area contributed by atoms with Crippen molar-refractivity contribution in [1.82, 2.24) is 5.32 Å². The molecule has 1 saturated heterocycles. The summed E-state index contributed by atoms with van der Waals surface area (Å²) in [5, 5.41) is 3.30. The molecule has 1 aromatic rings. The van der Waals surface area contributed by atoms with Crippen molar-refractivity contribution in [2.75, 3.05) is 24.1 Å². The number of carbonyl (C=O) groups is 1. The normalized spacial score (nSPS) is 20.1. The molecule has 1 heterocycles. The Labute approximate surface area is 137 Å². The van der Waals surface area contributed by atoms with E-state index in [0.29, 0.717) is 11.3 Å². The number of benzene rings is 1. The second kappa shape index (κ2) is 6.18. The number of halogens is 1. The van der Waals surface area contributed by atoms with Crippen molar-refractivity contribution in [3.05, 3.63) is 29.3 Å². The lowest BCUT2D eigenvalue weighted by Gasteiger charge is -2.40. The summed E-state index contributed by atoms with van der Waals surface area (Å²) in [6.07, 6.45) is 4.65. The van der Waals surface area contributed by atoms with Gasteiger partial charge >= 0.3 is 0 Å². The van der Waals surface area contributed by atoms with Crippen molar-refractivity contribution >= 4 is 33.9 Å². The minimum atomic E-state index is -3.33. The number of aryl methyl sites for hydroxylation is 1.